The van der Waals surface area contributed by atoms with E-state index in [4.69, 9.17) is 0 Å². The molecular weight excluding hydrogens is 411 g/mol. The van der Waals surface area contributed by atoms with Gasteiger partial charge < -0.3 is 15.5 Å². The number of amides is 3. The number of halogens is 1. The van der Waals surface area contributed by atoms with Gasteiger partial charge >= 0.3 is 6.03 Å². The fourth-order valence-corrected chi connectivity index (χ4v) is 4.43. The molecule has 32 heavy (non-hydrogen) atoms. The number of carbonyl (C=O) groups excluding carboxylic acids is 2. The van der Waals surface area contributed by atoms with Crippen LogP contribution in [0.15, 0.2) is 36.8 Å². The van der Waals surface area contributed by atoms with E-state index >= 15 is 0 Å². The summed E-state index contributed by atoms with van der Waals surface area (Å²) in [5.41, 5.74) is 1.75. The average Bonchev–Trinajstić information content (AvgIpc) is 3.55. The highest BCUT2D eigenvalue weighted by atomic mass is 19.1. The van der Waals surface area contributed by atoms with Crippen molar-refractivity contribution in [3.05, 3.63) is 42.6 Å². The summed E-state index contributed by atoms with van der Waals surface area (Å²) in [5.74, 6) is 0.0141. The zero-order chi connectivity index (χ0) is 22.1. The normalized spacial score (nSPS) is 16.6. The maximum absolute atomic E-state index is 14.6. The molecule has 9 heteroatoms. The second-order valence-electron chi connectivity index (χ2n) is 8.47. The first-order chi connectivity index (χ1) is 15.6. The van der Waals surface area contributed by atoms with E-state index in [0.29, 0.717) is 22.8 Å². The van der Waals surface area contributed by atoms with Gasteiger partial charge in [-0.05, 0) is 43.9 Å². The van der Waals surface area contributed by atoms with Crippen molar-refractivity contribution in [2.24, 2.45) is 5.92 Å². The second kappa shape index (κ2) is 8.57. The zero-order valence-electron chi connectivity index (χ0n) is 17.7. The van der Waals surface area contributed by atoms with Crippen molar-refractivity contribution < 1.29 is 14.0 Å². The Morgan fingerprint density at radius 2 is 1.78 bits per heavy atom. The van der Waals surface area contributed by atoms with Crippen LogP contribution < -0.4 is 10.6 Å². The number of fused-ring (bicyclic) bond motifs is 1. The third kappa shape index (κ3) is 4.15. The molecule has 0 radical (unpaired) electrons. The summed E-state index contributed by atoms with van der Waals surface area (Å²) < 4.78 is 16.3. The number of imidazole rings is 1. The molecule has 2 fully saturated rings. The molecule has 0 unspecified atom stereocenters. The van der Waals surface area contributed by atoms with E-state index in [9.17, 15) is 14.0 Å². The maximum Gasteiger partial charge on any atom is 0.321 e. The molecule has 0 bridgehead atoms. The largest absolute Gasteiger partial charge is 0.325 e. The number of nitrogens with one attached hydrogen (secondary N) is 2. The maximum atomic E-state index is 14.6. The number of hydrogen-bond acceptors (Lipinski definition) is 4. The number of likely N-dealkylation sites (tertiary alicyclic amines) is 1. The van der Waals surface area contributed by atoms with Crippen LogP contribution in [-0.4, -0.2) is 44.3 Å². The Balaban J connectivity index is 1.36. The highest BCUT2D eigenvalue weighted by molar-refractivity contribution is 5.92. The van der Waals surface area contributed by atoms with Crippen LogP contribution in [0.2, 0.25) is 0 Å². The minimum absolute atomic E-state index is 0.0106. The number of rotatable bonds is 4. The van der Waals surface area contributed by atoms with E-state index in [1.807, 2.05) is 0 Å². The van der Waals surface area contributed by atoms with E-state index < -0.39 is 5.82 Å². The van der Waals surface area contributed by atoms with Crippen LogP contribution in [0, 0.1) is 11.7 Å². The van der Waals surface area contributed by atoms with Crippen molar-refractivity contribution >= 4 is 29.1 Å². The van der Waals surface area contributed by atoms with Crippen molar-refractivity contribution in [3.8, 4) is 11.3 Å². The number of anilines is 2. The van der Waals surface area contributed by atoms with Gasteiger partial charge in [-0.15, -0.1) is 0 Å². The van der Waals surface area contributed by atoms with Gasteiger partial charge in [0, 0.05) is 42.7 Å². The number of carbonyl (C=O) groups is 2. The summed E-state index contributed by atoms with van der Waals surface area (Å²) >= 11 is 0. The molecule has 166 valence electrons. The van der Waals surface area contributed by atoms with Crippen molar-refractivity contribution in [1.82, 2.24) is 19.3 Å². The Morgan fingerprint density at radius 1 is 1.00 bits per heavy atom. The topological polar surface area (TPSA) is 91.6 Å². The Labute approximate surface area is 184 Å². The lowest BCUT2D eigenvalue weighted by Gasteiger charge is -2.16. The van der Waals surface area contributed by atoms with Crippen molar-refractivity contribution in [1.29, 1.82) is 0 Å². The fraction of sp³-hybridized carbons (Fsp3) is 0.391. The van der Waals surface area contributed by atoms with Crippen LogP contribution in [0.3, 0.4) is 0 Å². The summed E-state index contributed by atoms with van der Waals surface area (Å²) in [7, 11) is 0. The molecule has 2 aromatic heterocycles. The molecule has 1 aliphatic carbocycles. The Kier molecular flexibility index (Phi) is 5.46. The quantitative estimate of drug-likeness (QED) is 0.638. The molecule has 1 saturated carbocycles. The monoisotopic (exact) mass is 436 g/mol. The van der Waals surface area contributed by atoms with Crippen LogP contribution >= 0.6 is 0 Å². The Hall–Kier alpha value is -3.49. The first-order valence-electron chi connectivity index (χ1n) is 11.1. The lowest BCUT2D eigenvalue weighted by molar-refractivity contribution is -0.119. The number of benzene rings is 1. The molecule has 2 N–H and O–H groups in total. The van der Waals surface area contributed by atoms with E-state index in [2.05, 4.69) is 20.6 Å². The molecule has 1 aromatic carbocycles. The highest BCUT2D eigenvalue weighted by Crippen LogP contribution is 2.28. The molecule has 1 saturated heterocycles. The first kappa shape index (κ1) is 20.4. The minimum Gasteiger partial charge on any atom is -0.325 e. The average molecular weight is 436 g/mol. The Bertz CT molecular complexity index is 1160. The number of hydrogen-bond donors (Lipinski definition) is 2. The molecular formula is C23H25FN6O2. The van der Waals surface area contributed by atoms with Gasteiger partial charge in [-0.25, -0.2) is 19.2 Å². The standard InChI is InChI=1S/C23H25FN6O2/c24-19-8-7-16(27-23(32)29-9-3-4-10-29)11-18(19)20-14-30-13-17(12-25-22(30)28-20)26-21(31)15-5-1-2-6-15/h7-8,11-15H,1-6,9-10H2,(H,26,31)(H,27,32). The molecule has 3 heterocycles. The summed E-state index contributed by atoms with van der Waals surface area (Å²) in [4.78, 5) is 35.2. The van der Waals surface area contributed by atoms with E-state index in [1.165, 1.54) is 12.1 Å². The first-order valence-corrected chi connectivity index (χ1v) is 11.1. The molecule has 0 spiro atoms. The third-order valence-electron chi connectivity index (χ3n) is 6.19. The molecule has 5 rings (SSSR count). The minimum atomic E-state index is -0.442. The lowest BCUT2D eigenvalue weighted by atomic mass is 10.1. The van der Waals surface area contributed by atoms with Gasteiger partial charge in [0.05, 0.1) is 17.6 Å². The van der Waals surface area contributed by atoms with E-state index in [0.717, 1.165) is 51.6 Å². The lowest BCUT2D eigenvalue weighted by Crippen LogP contribution is -2.32. The van der Waals surface area contributed by atoms with Gasteiger partial charge in [0.15, 0.2) is 0 Å². The van der Waals surface area contributed by atoms with Gasteiger partial charge in [-0.1, -0.05) is 12.8 Å². The molecule has 1 aliphatic heterocycles. The van der Waals surface area contributed by atoms with Gasteiger partial charge in [-0.3, -0.25) is 9.20 Å². The van der Waals surface area contributed by atoms with Crippen molar-refractivity contribution in [2.45, 2.75) is 38.5 Å². The number of aromatic nitrogens is 3. The molecule has 3 amide bonds. The SMILES string of the molecule is O=C(Nc1cnc2nc(-c3cc(NC(=O)N4CCCC4)ccc3F)cn2c1)C1CCCC1. The van der Waals surface area contributed by atoms with Crippen LogP contribution in [0.4, 0.5) is 20.6 Å². The van der Waals surface area contributed by atoms with Crippen molar-refractivity contribution in [3.63, 3.8) is 0 Å². The third-order valence-corrected chi connectivity index (χ3v) is 6.19. The van der Waals surface area contributed by atoms with Crippen molar-refractivity contribution in [2.75, 3.05) is 23.7 Å². The van der Waals surface area contributed by atoms with Gasteiger partial charge in [0.25, 0.3) is 0 Å². The molecule has 2 aliphatic rings. The Morgan fingerprint density at radius 3 is 2.56 bits per heavy atom. The second-order valence-corrected chi connectivity index (χ2v) is 8.47. The van der Waals surface area contributed by atoms with E-state index in [1.54, 1.807) is 34.0 Å². The van der Waals surface area contributed by atoms with Gasteiger partial charge in [0.2, 0.25) is 11.7 Å². The number of urea groups is 1. The summed E-state index contributed by atoms with van der Waals surface area (Å²) in [5, 5.41) is 5.75. The summed E-state index contributed by atoms with van der Waals surface area (Å²) in [6.07, 6.45) is 11.0. The van der Waals surface area contributed by atoms with Gasteiger partial charge in [-0.2, -0.15) is 0 Å². The predicted octanol–water partition coefficient (Wildman–Crippen LogP) is 4.29. The van der Waals surface area contributed by atoms with Crippen LogP contribution in [-0.2, 0) is 4.79 Å². The summed E-state index contributed by atoms with van der Waals surface area (Å²) in [6.45, 7) is 1.47. The van der Waals surface area contributed by atoms with Crippen LogP contribution in [0.1, 0.15) is 38.5 Å². The van der Waals surface area contributed by atoms with Crippen LogP contribution in [0.25, 0.3) is 17.0 Å². The number of nitrogens with zero attached hydrogens (tertiary/aromatic N) is 4. The highest BCUT2D eigenvalue weighted by Gasteiger charge is 2.23. The zero-order valence-corrected chi connectivity index (χ0v) is 17.7. The van der Waals surface area contributed by atoms with Gasteiger partial charge in [0.1, 0.15) is 5.82 Å². The molecule has 0 atom stereocenters. The smallest absolute Gasteiger partial charge is 0.321 e. The molecule has 3 aromatic rings. The van der Waals surface area contributed by atoms with E-state index in [-0.39, 0.29) is 23.4 Å². The fourth-order valence-electron chi connectivity index (χ4n) is 4.43. The molecule has 8 nitrogen and oxygen atoms in total. The summed E-state index contributed by atoms with van der Waals surface area (Å²) in [6, 6.07) is 4.25. The predicted molar refractivity (Wildman–Crippen MR) is 119 cm³/mol. The van der Waals surface area contributed by atoms with Crippen LogP contribution in [0.5, 0.6) is 0 Å².